The van der Waals surface area contributed by atoms with Crippen LogP contribution in [-0.2, 0) is 0 Å². The summed E-state index contributed by atoms with van der Waals surface area (Å²) in [7, 11) is 0. The van der Waals surface area contributed by atoms with Crippen LogP contribution < -0.4 is 0 Å². The number of hydrogen-bond acceptors (Lipinski definition) is 3. The summed E-state index contributed by atoms with van der Waals surface area (Å²) in [5, 5.41) is 29.9. The number of aliphatic hydroxyl groups excluding tert-OH is 2. The van der Waals surface area contributed by atoms with Crippen molar-refractivity contribution in [2.24, 2.45) is 17.3 Å². The maximum Gasteiger partial charge on any atom is 0.121 e. The molecule has 4 atom stereocenters. The van der Waals surface area contributed by atoms with Gasteiger partial charge in [-0.25, -0.2) is 0 Å². The monoisotopic (exact) mass is 412 g/mol. The summed E-state index contributed by atoms with van der Waals surface area (Å²) in [5.41, 5.74) is 4.30. The molecule has 0 heterocycles. The maximum absolute atomic E-state index is 10.0. The van der Waals surface area contributed by atoms with Crippen LogP contribution in [-0.4, -0.2) is 27.0 Å². The van der Waals surface area contributed by atoms with Gasteiger partial charge in [-0.1, -0.05) is 56.2 Å². The average Bonchev–Trinajstić information content (AvgIpc) is 3.00. The lowest BCUT2D eigenvalue weighted by Crippen LogP contribution is -2.32. The molecular weight excluding hydrogens is 372 g/mol. The summed E-state index contributed by atoms with van der Waals surface area (Å²) in [6, 6.07) is 0. The summed E-state index contributed by atoms with van der Waals surface area (Å²) in [6.07, 6.45) is 15.8. The van der Waals surface area contributed by atoms with Gasteiger partial charge >= 0.3 is 0 Å². The predicted molar refractivity (Wildman–Crippen MR) is 124 cm³/mol. The molecule has 30 heavy (non-hydrogen) atoms. The van der Waals surface area contributed by atoms with E-state index < -0.39 is 11.7 Å². The molecule has 0 unspecified atom stereocenters. The molecule has 0 bridgehead atoms. The van der Waals surface area contributed by atoms with Crippen LogP contribution in [0.2, 0.25) is 0 Å². The number of allylic oxidation sites excluding steroid dienone is 6. The Hall–Kier alpha value is -1.58. The average molecular weight is 413 g/mol. The molecule has 0 aliphatic heterocycles. The minimum Gasteiger partial charge on any atom is -0.508 e. The van der Waals surface area contributed by atoms with Crippen molar-refractivity contribution < 1.29 is 15.3 Å². The summed E-state index contributed by atoms with van der Waals surface area (Å²) < 4.78 is 0. The van der Waals surface area contributed by atoms with E-state index in [-0.39, 0.29) is 11.2 Å². The number of rotatable bonds is 6. The van der Waals surface area contributed by atoms with Crippen LogP contribution in [0.4, 0.5) is 0 Å². The molecule has 0 saturated heterocycles. The minimum absolute atomic E-state index is 0.0941. The molecule has 0 aromatic heterocycles. The molecule has 3 aliphatic carbocycles. The molecular formula is C27H40O3. The number of hydrogen-bond donors (Lipinski definition) is 3. The van der Waals surface area contributed by atoms with E-state index in [1.807, 2.05) is 13.8 Å². The van der Waals surface area contributed by atoms with Crippen molar-refractivity contribution in [1.29, 1.82) is 0 Å². The fourth-order valence-corrected chi connectivity index (χ4v) is 5.84. The van der Waals surface area contributed by atoms with E-state index >= 15 is 0 Å². The van der Waals surface area contributed by atoms with Gasteiger partial charge in [-0.05, 0) is 81.3 Å². The van der Waals surface area contributed by atoms with E-state index in [2.05, 4.69) is 38.7 Å². The minimum atomic E-state index is -0.638. The van der Waals surface area contributed by atoms with Gasteiger partial charge in [0.25, 0.3) is 0 Å². The van der Waals surface area contributed by atoms with Gasteiger partial charge in [0.1, 0.15) is 5.76 Å². The van der Waals surface area contributed by atoms with E-state index in [1.54, 1.807) is 5.57 Å². The van der Waals surface area contributed by atoms with Gasteiger partial charge in [-0.3, -0.25) is 0 Å². The van der Waals surface area contributed by atoms with Crippen molar-refractivity contribution in [3.63, 3.8) is 0 Å². The predicted octanol–water partition coefficient (Wildman–Crippen LogP) is 6.32. The lowest BCUT2D eigenvalue weighted by atomic mass is 9.62. The van der Waals surface area contributed by atoms with E-state index in [0.29, 0.717) is 23.8 Å². The lowest BCUT2D eigenvalue weighted by Gasteiger charge is -2.42. The van der Waals surface area contributed by atoms with Gasteiger partial charge in [0.15, 0.2) is 0 Å². The third-order valence-corrected chi connectivity index (χ3v) is 7.54. The van der Waals surface area contributed by atoms with Crippen molar-refractivity contribution in [3.05, 3.63) is 58.9 Å². The molecule has 3 heteroatoms. The van der Waals surface area contributed by atoms with Crippen molar-refractivity contribution in [2.45, 2.75) is 90.8 Å². The van der Waals surface area contributed by atoms with Crippen molar-refractivity contribution in [1.82, 2.24) is 0 Å². The molecule has 3 rings (SSSR count). The van der Waals surface area contributed by atoms with Crippen LogP contribution in [0.15, 0.2) is 58.9 Å². The Balaban J connectivity index is 1.72. The van der Waals surface area contributed by atoms with Gasteiger partial charge < -0.3 is 15.3 Å². The van der Waals surface area contributed by atoms with Gasteiger partial charge in [0, 0.05) is 12.0 Å². The number of fused-ring (bicyclic) bond motifs is 1. The second-order valence-corrected chi connectivity index (χ2v) is 10.6. The number of aliphatic hydroxyl groups is 3. The summed E-state index contributed by atoms with van der Waals surface area (Å²) in [6.45, 7) is 12.6. The Morgan fingerprint density at radius 2 is 2.07 bits per heavy atom. The Morgan fingerprint density at radius 1 is 1.33 bits per heavy atom. The quantitative estimate of drug-likeness (QED) is 0.448. The Labute approximate surface area is 182 Å². The first-order chi connectivity index (χ1) is 14.0. The molecule has 3 N–H and O–H groups in total. The first-order valence-electron chi connectivity index (χ1n) is 11.6. The second kappa shape index (κ2) is 8.88. The summed E-state index contributed by atoms with van der Waals surface area (Å²) in [4.78, 5) is 0. The SMILES string of the molecule is C=C1C(O)=C[C@H](O)C/C1=C/C=C1\CCC[C@]2(C)C([C@H](C)CCCC(C)(C)O)=CC[C@@H]12. The zero-order valence-electron chi connectivity index (χ0n) is 19.2. The zero-order chi connectivity index (χ0) is 22.1. The molecule has 0 spiro atoms. The molecule has 0 radical (unpaired) electrons. The summed E-state index contributed by atoms with van der Waals surface area (Å²) in [5.74, 6) is 1.19. The normalized spacial score (nSPS) is 33.5. The largest absolute Gasteiger partial charge is 0.508 e. The Kier molecular flexibility index (Phi) is 6.84. The summed E-state index contributed by atoms with van der Waals surface area (Å²) >= 11 is 0. The molecule has 3 aliphatic rings. The molecule has 1 fully saturated rings. The molecule has 3 nitrogen and oxygen atoms in total. The van der Waals surface area contributed by atoms with Gasteiger partial charge in [0.05, 0.1) is 11.7 Å². The molecule has 166 valence electrons. The topological polar surface area (TPSA) is 60.7 Å². The first-order valence-corrected chi connectivity index (χ1v) is 11.6. The van der Waals surface area contributed by atoms with Gasteiger partial charge in [-0.2, -0.15) is 0 Å². The van der Waals surface area contributed by atoms with Crippen LogP contribution in [0.3, 0.4) is 0 Å². The standard InChI is InChI=1S/C27H40O3/c1-18(8-6-14-26(3,4)30)23-12-13-24-20(9-7-15-27(23,24)5)10-11-21-16-22(28)17-25(29)19(21)2/h10-12,17-18,22,24,28-30H,2,6-9,13-16H2,1,3-5H3/b20-10+,21-11-/t18-,22-,24+,27-/m1/s1. The van der Waals surface area contributed by atoms with E-state index in [1.165, 1.54) is 24.5 Å². The molecule has 1 saturated carbocycles. The molecule has 0 amide bonds. The third-order valence-electron chi connectivity index (χ3n) is 7.54. The Morgan fingerprint density at radius 3 is 2.77 bits per heavy atom. The van der Waals surface area contributed by atoms with Crippen molar-refractivity contribution in [3.8, 4) is 0 Å². The zero-order valence-corrected chi connectivity index (χ0v) is 19.2. The highest BCUT2D eigenvalue weighted by Gasteiger charge is 2.45. The highest BCUT2D eigenvalue weighted by atomic mass is 16.3. The van der Waals surface area contributed by atoms with Gasteiger partial charge in [-0.15, -0.1) is 0 Å². The first kappa shape index (κ1) is 23.1. The molecule has 0 aromatic rings. The van der Waals surface area contributed by atoms with Crippen LogP contribution in [0.5, 0.6) is 0 Å². The maximum atomic E-state index is 10.0. The third kappa shape index (κ3) is 5.00. The highest BCUT2D eigenvalue weighted by molar-refractivity contribution is 5.47. The van der Waals surface area contributed by atoms with E-state index in [0.717, 1.165) is 37.7 Å². The fourth-order valence-electron chi connectivity index (χ4n) is 5.84. The van der Waals surface area contributed by atoms with Gasteiger partial charge in [0.2, 0.25) is 0 Å². The smallest absolute Gasteiger partial charge is 0.121 e. The van der Waals surface area contributed by atoms with Crippen LogP contribution in [0.25, 0.3) is 0 Å². The van der Waals surface area contributed by atoms with Crippen LogP contribution in [0.1, 0.15) is 79.1 Å². The van der Waals surface area contributed by atoms with E-state index in [4.69, 9.17) is 0 Å². The van der Waals surface area contributed by atoms with E-state index in [9.17, 15) is 15.3 Å². The highest BCUT2D eigenvalue weighted by Crippen LogP contribution is 2.57. The van der Waals surface area contributed by atoms with Crippen molar-refractivity contribution >= 4 is 0 Å². The van der Waals surface area contributed by atoms with Crippen molar-refractivity contribution in [2.75, 3.05) is 0 Å². The fraction of sp³-hybridized carbons (Fsp3) is 0.630. The van der Waals surface area contributed by atoms with Crippen LogP contribution >= 0.6 is 0 Å². The lowest BCUT2D eigenvalue weighted by molar-refractivity contribution is 0.0670. The van der Waals surface area contributed by atoms with Crippen LogP contribution in [0, 0.1) is 17.3 Å². The molecule has 0 aromatic carbocycles. The second-order valence-electron chi connectivity index (χ2n) is 10.6. The Bertz CT molecular complexity index is 789.